The minimum Gasteiger partial charge on any atom is -0.481 e. The summed E-state index contributed by atoms with van der Waals surface area (Å²) in [6.07, 6.45) is -0.442. The van der Waals surface area contributed by atoms with Crippen LogP contribution in [0.2, 0.25) is 0 Å². The molecule has 1 atom stereocenters. The Morgan fingerprint density at radius 1 is 1.05 bits per heavy atom. The van der Waals surface area contributed by atoms with Crippen LogP contribution < -0.4 is 5.32 Å². The average molecular weight is 539 g/mol. The number of rotatable bonds is 9. The van der Waals surface area contributed by atoms with Gasteiger partial charge in [-0.1, -0.05) is 32.0 Å². The van der Waals surface area contributed by atoms with Gasteiger partial charge in [0.2, 0.25) is 0 Å². The van der Waals surface area contributed by atoms with E-state index in [1.165, 1.54) is 6.07 Å². The lowest BCUT2D eigenvalue weighted by molar-refractivity contribution is -0.138. The van der Waals surface area contributed by atoms with Gasteiger partial charge in [-0.05, 0) is 71.8 Å². The summed E-state index contributed by atoms with van der Waals surface area (Å²) in [7, 11) is 0. The molecule has 2 aromatic heterocycles. The lowest BCUT2D eigenvalue weighted by Crippen LogP contribution is -2.27. The van der Waals surface area contributed by atoms with Crippen molar-refractivity contribution in [3.8, 4) is 11.1 Å². The van der Waals surface area contributed by atoms with Crippen LogP contribution in [0.25, 0.3) is 22.0 Å². The van der Waals surface area contributed by atoms with Crippen LogP contribution in [-0.4, -0.2) is 38.3 Å². The van der Waals surface area contributed by atoms with Gasteiger partial charge in [0, 0.05) is 18.1 Å². The third-order valence-electron chi connectivity index (χ3n) is 6.48. The Labute approximate surface area is 223 Å². The van der Waals surface area contributed by atoms with E-state index >= 15 is 0 Å². The van der Waals surface area contributed by atoms with Crippen molar-refractivity contribution in [3.63, 3.8) is 0 Å². The highest BCUT2D eigenvalue weighted by molar-refractivity contribution is 5.92. The molecule has 4 rings (SSSR count). The van der Waals surface area contributed by atoms with Gasteiger partial charge in [-0.25, -0.2) is 0 Å². The number of carboxylic acid groups (broad SMARTS) is 1. The van der Waals surface area contributed by atoms with Crippen molar-refractivity contribution in [1.29, 1.82) is 0 Å². The maximum absolute atomic E-state index is 13.1. The molecule has 2 N–H and O–H groups in total. The second kappa shape index (κ2) is 11.3. The Balaban J connectivity index is 1.62. The number of hydrogen-bond acceptors (Lipinski definition) is 4. The minimum atomic E-state index is -4.39. The van der Waals surface area contributed by atoms with Gasteiger partial charge in [-0.15, -0.1) is 0 Å². The van der Waals surface area contributed by atoms with E-state index in [2.05, 4.69) is 29.2 Å². The molecule has 0 saturated carbocycles. The van der Waals surface area contributed by atoms with Crippen molar-refractivity contribution in [2.75, 3.05) is 6.54 Å². The van der Waals surface area contributed by atoms with E-state index < -0.39 is 23.6 Å². The molecule has 39 heavy (non-hydrogen) atoms. The molecule has 4 aromatic rings. The number of halogens is 3. The number of nitrogens with one attached hydrogen (secondary N) is 1. The fraction of sp³-hybridized carbons (Fsp3) is 0.310. The van der Waals surface area contributed by atoms with Gasteiger partial charge in [0.05, 0.1) is 29.7 Å². The summed E-state index contributed by atoms with van der Waals surface area (Å²) in [6.45, 7) is 5.88. The Bertz CT molecular complexity index is 1490. The number of aryl methyl sites for hydroxylation is 1. The first-order valence-electron chi connectivity index (χ1n) is 12.6. The van der Waals surface area contributed by atoms with E-state index in [-0.39, 0.29) is 24.7 Å². The van der Waals surface area contributed by atoms with Crippen LogP contribution in [0.15, 0.2) is 60.9 Å². The van der Waals surface area contributed by atoms with E-state index in [1.54, 1.807) is 25.4 Å². The van der Waals surface area contributed by atoms with Crippen molar-refractivity contribution < 1.29 is 27.9 Å². The quantitative estimate of drug-likeness (QED) is 0.262. The molecule has 0 radical (unpaired) electrons. The highest BCUT2D eigenvalue weighted by Crippen LogP contribution is 2.35. The molecule has 1 amide bonds. The summed E-state index contributed by atoms with van der Waals surface area (Å²) in [5, 5.41) is 16.8. The van der Waals surface area contributed by atoms with Crippen LogP contribution in [0.4, 0.5) is 13.2 Å². The van der Waals surface area contributed by atoms with E-state index in [0.29, 0.717) is 11.5 Å². The summed E-state index contributed by atoms with van der Waals surface area (Å²) in [4.78, 5) is 27.3. The Morgan fingerprint density at radius 2 is 1.82 bits per heavy atom. The molecule has 0 aliphatic rings. The van der Waals surface area contributed by atoms with Crippen LogP contribution >= 0.6 is 0 Å². The van der Waals surface area contributed by atoms with E-state index in [1.807, 2.05) is 28.9 Å². The molecule has 2 heterocycles. The molecule has 0 spiro atoms. The van der Waals surface area contributed by atoms with Crippen LogP contribution in [0.3, 0.4) is 0 Å². The molecule has 10 heteroatoms. The zero-order valence-corrected chi connectivity index (χ0v) is 21.8. The molecule has 0 saturated heterocycles. The van der Waals surface area contributed by atoms with Crippen molar-refractivity contribution >= 4 is 22.8 Å². The number of aromatic nitrogens is 3. The molecular formula is C29H29F3N4O3. The number of pyridine rings is 1. The fourth-order valence-electron chi connectivity index (χ4n) is 4.57. The summed E-state index contributed by atoms with van der Waals surface area (Å²) < 4.78 is 41.2. The average Bonchev–Trinajstić information content (AvgIpc) is 3.29. The van der Waals surface area contributed by atoms with Crippen LogP contribution in [0.5, 0.6) is 0 Å². The monoisotopic (exact) mass is 538 g/mol. The van der Waals surface area contributed by atoms with Crippen molar-refractivity contribution in [2.45, 2.75) is 45.8 Å². The second-order valence-corrected chi connectivity index (χ2v) is 9.91. The number of nitrogens with zero attached hydrogens (tertiary/aromatic N) is 3. The molecular weight excluding hydrogens is 509 g/mol. The molecule has 1 unspecified atom stereocenters. The maximum Gasteiger partial charge on any atom is 0.416 e. The zero-order valence-electron chi connectivity index (χ0n) is 21.8. The van der Waals surface area contributed by atoms with Gasteiger partial charge in [0.25, 0.3) is 5.91 Å². The normalized spacial score (nSPS) is 12.6. The SMILES string of the molecule is Cc1cc(C(F)(F)F)ccc1-c1ccc2c(cnn2C(CC(C)C)c2ccc(C(=O)NCCC(=O)O)nc2)c1. The van der Waals surface area contributed by atoms with E-state index in [4.69, 9.17) is 5.11 Å². The third-order valence-corrected chi connectivity index (χ3v) is 6.48. The van der Waals surface area contributed by atoms with E-state index in [0.717, 1.165) is 46.1 Å². The van der Waals surface area contributed by atoms with Gasteiger partial charge in [0.15, 0.2) is 0 Å². The largest absolute Gasteiger partial charge is 0.481 e. The van der Waals surface area contributed by atoms with Crippen LogP contribution in [-0.2, 0) is 11.0 Å². The number of carboxylic acids is 1. The van der Waals surface area contributed by atoms with Crippen molar-refractivity contribution in [1.82, 2.24) is 20.1 Å². The number of hydrogen-bond donors (Lipinski definition) is 2. The van der Waals surface area contributed by atoms with Gasteiger partial charge in [-0.3, -0.25) is 19.3 Å². The topological polar surface area (TPSA) is 97.1 Å². The lowest BCUT2D eigenvalue weighted by Gasteiger charge is -2.21. The first-order valence-corrected chi connectivity index (χ1v) is 12.6. The van der Waals surface area contributed by atoms with E-state index in [9.17, 15) is 22.8 Å². The molecule has 204 valence electrons. The fourth-order valence-corrected chi connectivity index (χ4v) is 4.57. The first-order chi connectivity index (χ1) is 18.4. The first kappa shape index (κ1) is 27.8. The van der Waals surface area contributed by atoms with Gasteiger partial charge in [0.1, 0.15) is 5.69 Å². The second-order valence-electron chi connectivity index (χ2n) is 9.91. The Kier molecular flexibility index (Phi) is 8.03. The van der Waals surface area contributed by atoms with Gasteiger partial charge >= 0.3 is 12.1 Å². The Hall–Kier alpha value is -4.21. The van der Waals surface area contributed by atoms with Crippen LogP contribution in [0.1, 0.15) is 59.9 Å². The maximum atomic E-state index is 13.1. The van der Waals surface area contributed by atoms with Crippen molar-refractivity contribution in [3.05, 3.63) is 83.3 Å². The molecule has 0 bridgehead atoms. The predicted octanol–water partition coefficient (Wildman–Crippen LogP) is 6.27. The minimum absolute atomic E-state index is 0.0147. The number of fused-ring (bicyclic) bond motifs is 1. The summed E-state index contributed by atoms with van der Waals surface area (Å²) in [6, 6.07) is 12.7. The number of benzene rings is 2. The molecule has 0 fully saturated rings. The molecule has 0 aliphatic heterocycles. The number of alkyl halides is 3. The molecule has 7 nitrogen and oxygen atoms in total. The standard InChI is InChI=1S/C29H29F3N4O3/c1-17(2)12-26(20-4-8-24(34-15-20)28(39)33-11-10-27(37)38)36-25-9-5-19(14-21(25)16-35-36)23-7-6-22(13-18(23)3)29(30,31)32/h4-9,13-17,26H,10-12H2,1-3H3,(H,33,39)(H,37,38). The van der Waals surface area contributed by atoms with Gasteiger partial charge < -0.3 is 10.4 Å². The predicted molar refractivity (Wildman–Crippen MR) is 141 cm³/mol. The molecule has 2 aromatic carbocycles. The van der Waals surface area contributed by atoms with Crippen molar-refractivity contribution in [2.24, 2.45) is 5.92 Å². The summed E-state index contributed by atoms with van der Waals surface area (Å²) in [5.74, 6) is -1.12. The van der Waals surface area contributed by atoms with Crippen LogP contribution in [0, 0.1) is 12.8 Å². The number of amides is 1. The lowest BCUT2D eigenvalue weighted by atomic mass is 9.96. The molecule has 0 aliphatic carbocycles. The highest BCUT2D eigenvalue weighted by atomic mass is 19.4. The third kappa shape index (κ3) is 6.45. The zero-order chi connectivity index (χ0) is 28.3. The smallest absolute Gasteiger partial charge is 0.416 e. The van der Waals surface area contributed by atoms with Gasteiger partial charge in [-0.2, -0.15) is 18.3 Å². The summed E-state index contributed by atoms with van der Waals surface area (Å²) >= 11 is 0. The summed E-state index contributed by atoms with van der Waals surface area (Å²) in [5.41, 5.74) is 3.29. The number of aliphatic carboxylic acids is 1. The number of carbonyl (C=O) groups excluding carboxylic acids is 1. The highest BCUT2D eigenvalue weighted by Gasteiger charge is 2.30. The Morgan fingerprint density at radius 3 is 2.44 bits per heavy atom. The number of carbonyl (C=O) groups is 2.